The second kappa shape index (κ2) is 20.3. The van der Waals surface area contributed by atoms with Crippen LogP contribution in [0.5, 0.6) is 23.0 Å². The Labute approximate surface area is 415 Å². The van der Waals surface area contributed by atoms with Crippen LogP contribution in [0.4, 0.5) is 0 Å². The van der Waals surface area contributed by atoms with E-state index in [9.17, 15) is 19.8 Å². The van der Waals surface area contributed by atoms with Gasteiger partial charge in [0, 0.05) is 38.1 Å². The van der Waals surface area contributed by atoms with Crippen molar-refractivity contribution in [2.24, 2.45) is 0 Å². The predicted molar refractivity (Wildman–Crippen MR) is 278 cm³/mol. The highest BCUT2D eigenvalue weighted by Gasteiger charge is 2.29. The van der Waals surface area contributed by atoms with E-state index in [2.05, 4.69) is 152 Å². The van der Waals surface area contributed by atoms with Crippen molar-refractivity contribution in [3.63, 3.8) is 0 Å². The van der Waals surface area contributed by atoms with Gasteiger partial charge in [0.05, 0.1) is 24.5 Å². The summed E-state index contributed by atoms with van der Waals surface area (Å²) in [7, 11) is 0. The number of fused-ring (bicyclic) bond motifs is 8. The number of nitrogens with one attached hydrogen (secondary N) is 2. The van der Waals surface area contributed by atoms with Crippen LogP contribution in [0.3, 0.4) is 0 Å². The highest BCUT2D eigenvalue weighted by molar-refractivity contribution is 5.78. The van der Waals surface area contributed by atoms with Gasteiger partial charge in [0.15, 0.2) is 13.2 Å². The van der Waals surface area contributed by atoms with Crippen molar-refractivity contribution in [1.82, 2.24) is 20.6 Å². The largest absolute Gasteiger partial charge is 0.507 e. The number of carbonyl (C=O) groups is 2. The molecule has 7 rings (SSSR count). The molecule has 4 N–H and O–H groups in total. The van der Waals surface area contributed by atoms with Crippen molar-refractivity contribution in [2.75, 3.05) is 13.2 Å². The second-order valence-corrected chi connectivity index (χ2v) is 23.0. The summed E-state index contributed by atoms with van der Waals surface area (Å²) in [6.07, 6.45) is 4.55. The molecule has 0 radical (unpaired) electrons. The third kappa shape index (κ3) is 12.6. The van der Waals surface area contributed by atoms with Crippen LogP contribution in [0, 0.1) is 0 Å². The number of pyridine rings is 2. The molecule has 2 heterocycles. The lowest BCUT2D eigenvalue weighted by Crippen LogP contribution is -2.29. The molecule has 2 amide bonds. The topological polar surface area (TPSA) is 143 Å². The first-order valence-corrected chi connectivity index (χ1v) is 24.5. The molecule has 0 saturated heterocycles. The summed E-state index contributed by atoms with van der Waals surface area (Å²) in [5.74, 6) is 0.777. The van der Waals surface area contributed by atoms with Gasteiger partial charge in [0.1, 0.15) is 23.0 Å². The summed E-state index contributed by atoms with van der Waals surface area (Å²) in [6.45, 7) is 26.0. The predicted octanol–water partition coefficient (Wildman–Crippen LogP) is 11.1. The third-order valence-corrected chi connectivity index (χ3v) is 13.1. The number of benzene rings is 4. The van der Waals surface area contributed by atoms with Crippen molar-refractivity contribution in [1.29, 1.82) is 0 Å². The summed E-state index contributed by atoms with van der Waals surface area (Å²) >= 11 is 0. The number of ether oxygens (including phenoxy) is 2. The second-order valence-electron chi connectivity index (χ2n) is 23.0. The summed E-state index contributed by atoms with van der Waals surface area (Å²) in [6, 6.07) is 28.0. The molecule has 10 heteroatoms. The zero-order valence-corrected chi connectivity index (χ0v) is 43.3. The number of hydrogen-bond acceptors (Lipinski definition) is 8. The van der Waals surface area contributed by atoms with Gasteiger partial charge in [-0.1, -0.05) is 144 Å². The molecule has 0 fully saturated rings. The Morgan fingerprint density at radius 3 is 0.971 bits per heavy atom. The van der Waals surface area contributed by atoms with Crippen molar-refractivity contribution >= 4 is 11.8 Å². The summed E-state index contributed by atoms with van der Waals surface area (Å²) in [5.41, 5.74) is 10.6. The molecular weight excluding hydrogens is 873 g/mol. The number of phenolic OH excluding ortho intramolecular Hbond substituents is 2. The molecule has 0 spiro atoms. The van der Waals surface area contributed by atoms with Gasteiger partial charge < -0.3 is 30.3 Å². The van der Waals surface area contributed by atoms with E-state index < -0.39 is 0 Å². The Balaban J connectivity index is 1.45. The Morgan fingerprint density at radius 2 is 0.729 bits per heavy atom. The van der Waals surface area contributed by atoms with Gasteiger partial charge in [0.2, 0.25) is 0 Å². The molecule has 6 aromatic rings. The van der Waals surface area contributed by atoms with Gasteiger partial charge in [-0.3, -0.25) is 19.6 Å². The summed E-state index contributed by atoms with van der Waals surface area (Å²) in [4.78, 5) is 35.9. The monoisotopic (exact) mass is 945 g/mol. The summed E-state index contributed by atoms with van der Waals surface area (Å²) < 4.78 is 13.4. The number of phenols is 2. The Bertz CT molecular complexity index is 2570. The number of hydrogen-bond donors (Lipinski definition) is 4. The lowest BCUT2D eigenvalue weighted by atomic mass is 9.79. The molecule has 1 aliphatic rings. The number of amides is 2. The standard InChI is InChI=1S/C60H72N4O6/c1-57(2,3)45-25-37-21-41-29-47(59(7,8)9)31-43(55(41)69-35-51(65)63-33-49-17-13-15-19-61-49)23-39-27-46(58(4,5)6)28-40(54(39)68)24-44-32-48(60(10,11)12)30-42(22-38(26-45)53(37)67)56(44)70-36-52(66)64-34-50-18-14-16-20-62-50/h13-20,25-32,67-68H,21-24,33-36H2,1-12H3,(H,63,65)(H,64,66). The Morgan fingerprint density at radius 1 is 0.457 bits per heavy atom. The van der Waals surface area contributed by atoms with Crippen LogP contribution in [-0.2, 0) is 70.0 Å². The van der Waals surface area contributed by atoms with E-state index >= 15 is 0 Å². The molecule has 1 aliphatic carbocycles. The summed E-state index contributed by atoms with van der Waals surface area (Å²) in [5, 5.41) is 31.2. The average molecular weight is 945 g/mol. The van der Waals surface area contributed by atoms with Crippen LogP contribution in [0.15, 0.2) is 97.3 Å². The van der Waals surface area contributed by atoms with E-state index in [1.165, 1.54) is 0 Å². The van der Waals surface area contributed by atoms with Gasteiger partial charge in [0.25, 0.3) is 11.8 Å². The molecule has 0 aliphatic heterocycles. The SMILES string of the molecule is CC(C)(C)c1cc2c(O)c(c1)Cc1cc(C(C)(C)C)cc(c1OCC(=O)NCc1ccccn1)Cc1cc(C(C)(C)C)cc(c1O)Cc1cc(C(C)(C)C)cc(c1OCC(=O)NCc1ccccn1)C2. The fourth-order valence-corrected chi connectivity index (χ4v) is 8.78. The Hall–Kier alpha value is -6.68. The van der Waals surface area contributed by atoms with Gasteiger partial charge in [-0.05, 0) is 113 Å². The van der Waals surface area contributed by atoms with Crippen molar-refractivity contribution in [3.8, 4) is 23.0 Å². The third-order valence-electron chi connectivity index (χ3n) is 13.1. The number of nitrogens with zero attached hydrogens (tertiary/aromatic N) is 2. The number of aromatic hydroxyl groups is 2. The molecule has 8 bridgehead atoms. The average Bonchev–Trinajstić information content (AvgIpc) is 3.28. The maximum Gasteiger partial charge on any atom is 0.258 e. The fourth-order valence-electron chi connectivity index (χ4n) is 8.78. The van der Waals surface area contributed by atoms with E-state index in [0.29, 0.717) is 33.8 Å². The molecule has 0 saturated carbocycles. The molecule has 0 atom stereocenters. The minimum Gasteiger partial charge on any atom is -0.507 e. The van der Waals surface area contributed by atoms with E-state index in [-0.39, 0.29) is 97.0 Å². The molecule has 10 nitrogen and oxygen atoms in total. The first-order valence-electron chi connectivity index (χ1n) is 24.5. The van der Waals surface area contributed by atoms with Crippen LogP contribution in [-0.4, -0.2) is 45.2 Å². The van der Waals surface area contributed by atoms with Crippen LogP contribution < -0.4 is 20.1 Å². The number of aromatic nitrogens is 2. The zero-order valence-electron chi connectivity index (χ0n) is 43.3. The minimum absolute atomic E-state index is 0.154. The van der Waals surface area contributed by atoms with Gasteiger partial charge in [-0.2, -0.15) is 0 Å². The van der Waals surface area contributed by atoms with Crippen LogP contribution in [0.2, 0.25) is 0 Å². The highest BCUT2D eigenvalue weighted by atomic mass is 16.5. The van der Waals surface area contributed by atoms with Gasteiger partial charge >= 0.3 is 0 Å². The van der Waals surface area contributed by atoms with Crippen molar-refractivity contribution in [3.05, 3.63) is 175 Å². The zero-order chi connectivity index (χ0) is 50.8. The van der Waals surface area contributed by atoms with E-state index in [4.69, 9.17) is 9.47 Å². The molecule has 2 aromatic heterocycles. The molecule has 4 aromatic carbocycles. The van der Waals surface area contributed by atoms with Crippen molar-refractivity contribution in [2.45, 2.75) is 144 Å². The van der Waals surface area contributed by atoms with Gasteiger partial charge in [-0.15, -0.1) is 0 Å². The van der Waals surface area contributed by atoms with Crippen LogP contribution in [0.25, 0.3) is 0 Å². The molecular formula is C60H72N4O6. The lowest BCUT2D eigenvalue weighted by molar-refractivity contribution is -0.124. The van der Waals surface area contributed by atoms with Crippen molar-refractivity contribution < 1.29 is 29.3 Å². The van der Waals surface area contributed by atoms with E-state index in [0.717, 1.165) is 55.9 Å². The Kier molecular flexibility index (Phi) is 14.9. The molecule has 70 heavy (non-hydrogen) atoms. The minimum atomic E-state index is -0.302. The van der Waals surface area contributed by atoms with E-state index in [1.54, 1.807) is 12.4 Å². The number of rotatable bonds is 10. The maximum absolute atomic E-state index is 13.6. The normalized spacial score (nSPS) is 13.1. The highest BCUT2D eigenvalue weighted by Crippen LogP contribution is 2.44. The lowest BCUT2D eigenvalue weighted by Gasteiger charge is -2.28. The molecule has 368 valence electrons. The fraction of sp³-hybridized carbons (Fsp3) is 0.400. The van der Waals surface area contributed by atoms with Gasteiger partial charge in [-0.25, -0.2) is 0 Å². The smallest absolute Gasteiger partial charge is 0.258 e. The number of carbonyl (C=O) groups excluding carboxylic acids is 2. The molecule has 0 unspecified atom stereocenters. The first-order chi connectivity index (χ1) is 32.8. The van der Waals surface area contributed by atoms with Crippen LogP contribution >= 0.6 is 0 Å². The first kappa shape index (κ1) is 51.2. The van der Waals surface area contributed by atoms with E-state index in [1.807, 2.05) is 36.4 Å². The maximum atomic E-state index is 13.6. The quantitative estimate of drug-likeness (QED) is 0.106. The van der Waals surface area contributed by atoms with Crippen LogP contribution in [0.1, 0.15) is 161 Å².